The van der Waals surface area contributed by atoms with Crippen molar-refractivity contribution in [3.05, 3.63) is 29.1 Å². The summed E-state index contributed by atoms with van der Waals surface area (Å²) in [6.07, 6.45) is -4.36. The molecule has 0 spiro atoms. The van der Waals surface area contributed by atoms with E-state index in [-0.39, 0.29) is 15.8 Å². The predicted molar refractivity (Wildman–Crippen MR) is 48.5 cm³/mol. The van der Waals surface area contributed by atoms with E-state index in [1.165, 1.54) is 18.2 Å². The Kier molecular flexibility index (Phi) is 1.92. The fourth-order valence-corrected chi connectivity index (χ4v) is 2.25. The minimum absolute atomic E-state index is 0.0579. The summed E-state index contributed by atoms with van der Waals surface area (Å²) >= 11 is 0.897. The number of thiophene rings is 1. The average Bonchev–Trinajstić information content (AvgIpc) is 2.47. The predicted octanol–water partition coefficient (Wildman–Crippen LogP) is 3.63. The number of hydrogen-bond donors (Lipinski definition) is 1. The first-order valence-electron chi connectivity index (χ1n) is 3.76. The minimum Gasteiger partial charge on any atom is -0.506 e. The summed E-state index contributed by atoms with van der Waals surface area (Å²) in [6, 6.07) is 4.13. The van der Waals surface area contributed by atoms with E-state index in [2.05, 4.69) is 0 Å². The lowest BCUT2D eigenvalue weighted by Crippen LogP contribution is -2.02. The number of aromatic hydroxyl groups is 1. The number of phenolic OH excluding ortho intramolecular Hbond substituents is 1. The number of halogens is 3. The van der Waals surface area contributed by atoms with Gasteiger partial charge in [-0.2, -0.15) is 13.2 Å². The molecule has 0 atom stereocenters. The van der Waals surface area contributed by atoms with Gasteiger partial charge in [0.2, 0.25) is 0 Å². The molecule has 0 aliphatic carbocycles. The van der Waals surface area contributed by atoms with Crippen molar-refractivity contribution in [1.82, 2.24) is 0 Å². The lowest BCUT2D eigenvalue weighted by Gasteiger charge is -2.03. The van der Waals surface area contributed by atoms with Crippen LogP contribution in [-0.2, 0) is 6.18 Å². The van der Waals surface area contributed by atoms with E-state index < -0.39 is 11.7 Å². The van der Waals surface area contributed by atoms with Crippen molar-refractivity contribution in [2.45, 2.75) is 6.18 Å². The molecule has 0 radical (unpaired) electrons. The third kappa shape index (κ3) is 1.33. The molecule has 0 bridgehead atoms. The second-order valence-electron chi connectivity index (χ2n) is 2.80. The fourth-order valence-electron chi connectivity index (χ4n) is 1.26. The number of fused-ring (bicyclic) bond motifs is 1. The molecule has 1 N–H and O–H groups in total. The highest BCUT2D eigenvalue weighted by Crippen LogP contribution is 2.41. The summed E-state index contributed by atoms with van der Waals surface area (Å²) in [4.78, 5) is 0. The molecule has 0 unspecified atom stereocenters. The first kappa shape index (κ1) is 9.33. The van der Waals surface area contributed by atoms with Crippen LogP contribution in [0.3, 0.4) is 0 Å². The summed E-state index contributed by atoms with van der Waals surface area (Å²) in [7, 11) is 0. The van der Waals surface area contributed by atoms with Crippen LogP contribution in [0.15, 0.2) is 23.6 Å². The zero-order valence-electron chi connectivity index (χ0n) is 6.80. The van der Waals surface area contributed by atoms with Crippen LogP contribution in [0, 0.1) is 0 Å². The van der Waals surface area contributed by atoms with E-state index >= 15 is 0 Å². The Hall–Kier alpha value is -1.23. The topological polar surface area (TPSA) is 20.2 Å². The molecule has 0 aliphatic rings. The highest BCUT2D eigenvalue weighted by atomic mass is 32.1. The SMILES string of the molecule is Oc1cccc2c(C(F)(F)F)csc12. The van der Waals surface area contributed by atoms with E-state index in [1.54, 1.807) is 0 Å². The average molecular weight is 218 g/mol. The van der Waals surface area contributed by atoms with E-state index in [1.807, 2.05) is 0 Å². The zero-order valence-corrected chi connectivity index (χ0v) is 7.62. The monoisotopic (exact) mass is 218 g/mol. The molecule has 2 aromatic rings. The third-order valence-corrected chi connectivity index (χ3v) is 2.90. The van der Waals surface area contributed by atoms with Gasteiger partial charge in [0, 0.05) is 10.8 Å². The number of phenols is 1. The van der Waals surface area contributed by atoms with Crippen molar-refractivity contribution in [3.8, 4) is 5.75 Å². The van der Waals surface area contributed by atoms with Crippen molar-refractivity contribution in [1.29, 1.82) is 0 Å². The highest BCUT2D eigenvalue weighted by molar-refractivity contribution is 7.17. The quantitative estimate of drug-likeness (QED) is 0.715. The molecule has 5 heteroatoms. The number of hydrogen-bond acceptors (Lipinski definition) is 2. The molecule has 1 aromatic carbocycles. The number of benzene rings is 1. The van der Waals surface area contributed by atoms with Crippen molar-refractivity contribution in [2.75, 3.05) is 0 Å². The fraction of sp³-hybridized carbons (Fsp3) is 0.111. The van der Waals surface area contributed by atoms with Crippen LogP contribution in [0.4, 0.5) is 13.2 Å². The van der Waals surface area contributed by atoms with Gasteiger partial charge in [0.1, 0.15) is 5.75 Å². The summed E-state index contributed by atoms with van der Waals surface area (Å²) in [5.41, 5.74) is -0.687. The first-order valence-corrected chi connectivity index (χ1v) is 4.64. The number of rotatable bonds is 0. The first-order chi connectivity index (χ1) is 6.50. The van der Waals surface area contributed by atoms with Gasteiger partial charge in [-0.15, -0.1) is 11.3 Å². The van der Waals surface area contributed by atoms with Crippen LogP contribution in [0.1, 0.15) is 5.56 Å². The summed E-state index contributed by atoms with van der Waals surface area (Å²) in [5.74, 6) is -0.108. The van der Waals surface area contributed by atoms with Gasteiger partial charge in [0.05, 0.1) is 10.3 Å². The lowest BCUT2D eigenvalue weighted by atomic mass is 10.1. The van der Waals surface area contributed by atoms with E-state index in [9.17, 15) is 18.3 Å². The molecular weight excluding hydrogens is 213 g/mol. The van der Waals surface area contributed by atoms with Gasteiger partial charge in [0.25, 0.3) is 0 Å². The molecule has 0 fully saturated rings. The highest BCUT2D eigenvalue weighted by Gasteiger charge is 2.33. The second-order valence-corrected chi connectivity index (χ2v) is 3.68. The molecular formula is C9H5F3OS. The van der Waals surface area contributed by atoms with Gasteiger partial charge in [0.15, 0.2) is 0 Å². The molecule has 0 amide bonds. The van der Waals surface area contributed by atoms with E-state index in [0.29, 0.717) is 0 Å². The van der Waals surface area contributed by atoms with Gasteiger partial charge >= 0.3 is 6.18 Å². The molecule has 0 saturated heterocycles. The zero-order chi connectivity index (χ0) is 10.3. The molecule has 1 aromatic heterocycles. The van der Waals surface area contributed by atoms with Crippen LogP contribution in [0.2, 0.25) is 0 Å². The Bertz CT molecular complexity index is 472. The van der Waals surface area contributed by atoms with Crippen molar-refractivity contribution in [2.24, 2.45) is 0 Å². The van der Waals surface area contributed by atoms with Crippen LogP contribution in [-0.4, -0.2) is 5.11 Å². The molecule has 0 saturated carbocycles. The molecule has 1 nitrogen and oxygen atoms in total. The van der Waals surface area contributed by atoms with Crippen LogP contribution < -0.4 is 0 Å². The maximum atomic E-state index is 12.4. The Labute approximate surface area is 81.4 Å². The lowest BCUT2D eigenvalue weighted by molar-refractivity contribution is -0.136. The van der Waals surface area contributed by atoms with Crippen molar-refractivity contribution < 1.29 is 18.3 Å². The van der Waals surface area contributed by atoms with Gasteiger partial charge in [-0.1, -0.05) is 12.1 Å². The summed E-state index contributed by atoms with van der Waals surface area (Å²) in [6.45, 7) is 0. The minimum atomic E-state index is -4.36. The molecule has 74 valence electrons. The van der Waals surface area contributed by atoms with Crippen molar-refractivity contribution in [3.63, 3.8) is 0 Å². The van der Waals surface area contributed by atoms with Gasteiger partial charge in [-0.25, -0.2) is 0 Å². The molecule has 1 heterocycles. The van der Waals surface area contributed by atoms with Crippen LogP contribution in [0.5, 0.6) is 5.75 Å². The van der Waals surface area contributed by atoms with Crippen LogP contribution >= 0.6 is 11.3 Å². The standard InChI is InChI=1S/C9H5F3OS/c10-9(11,12)6-4-14-8-5(6)2-1-3-7(8)13/h1-4,13H. The van der Waals surface area contributed by atoms with E-state index in [0.717, 1.165) is 16.7 Å². The van der Waals surface area contributed by atoms with E-state index in [4.69, 9.17) is 0 Å². The smallest absolute Gasteiger partial charge is 0.417 e. The summed E-state index contributed by atoms with van der Waals surface area (Å²) < 4.78 is 37.5. The summed E-state index contributed by atoms with van der Waals surface area (Å²) in [5, 5.41) is 10.4. The Morgan fingerprint density at radius 3 is 2.57 bits per heavy atom. The maximum absolute atomic E-state index is 12.4. The molecule has 2 rings (SSSR count). The van der Waals surface area contributed by atoms with Crippen molar-refractivity contribution >= 4 is 21.4 Å². The van der Waals surface area contributed by atoms with Gasteiger partial charge in [-0.3, -0.25) is 0 Å². The van der Waals surface area contributed by atoms with Gasteiger partial charge in [-0.05, 0) is 6.07 Å². The van der Waals surface area contributed by atoms with Gasteiger partial charge < -0.3 is 5.11 Å². The maximum Gasteiger partial charge on any atom is 0.417 e. The normalized spacial score (nSPS) is 12.2. The largest absolute Gasteiger partial charge is 0.506 e. The number of alkyl halides is 3. The Balaban J connectivity index is 2.76. The Morgan fingerprint density at radius 2 is 1.93 bits per heavy atom. The van der Waals surface area contributed by atoms with Crippen LogP contribution in [0.25, 0.3) is 10.1 Å². The third-order valence-electron chi connectivity index (χ3n) is 1.88. The Morgan fingerprint density at radius 1 is 1.21 bits per heavy atom. The molecule has 0 aliphatic heterocycles. The molecule has 14 heavy (non-hydrogen) atoms. The second kappa shape index (κ2) is 2.88.